The number of carbonyl (C=O) groups excluding carboxylic acids is 1. The van der Waals surface area contributed by atoms with Gasteiger partial charge in [-0.2, -0.15) is 0 Å². The number of amides is 1. The molecule has 4 nitrogen and oxygen atoms in total. The van der Waals surface area contributed by atoms with Crippen LogP contribution in [0.2, 0.25) is 0 Å². The van der Waals surface area contributed by atoms with E-state index in [1.807, 2.05) is 11.8 Å². The van der Waals surface area contributed by atoms with E-state index in [0.717, 1.165) is 19.3 Å². The third-order valence-electron chi connectivity index (χ3n) is 3.19. The molecule has 1 fully saturated rings. The first-order valence-electron chi connectivity index (χ1n) is 6.22. The molecule has 1 amide bonds. The molecule has 1 heterocycles. The SMILES string of the molecule is CCCC1NC(C)C(=O)N1C(CC)COC. The molecule has 0 aromatic heterocycles. The topological polar surface area (TPSA) is 41.6 Å². The average molecular weight is 228 g/mol. The standard InChI is InChI=1S/C12H24N2O2/c1-5-7-11-13-9(3)12(15)14(11)10(6-2)8-16-4/h9-11,13H,5-8H2,1-4H3. The van der Waals surface area contributed by atoms with Gasteiger partial charge in [-0.15, -0.1) is 0 Å². The summed E-state index contributed by atoms with van der Waals surface area (Å²) < 4.78 is 5.20. The van der Waals surface area contributed by atoms with E-state index in [2.05, 4.69) is 19.2 Å². The Bertz CT molecular complexity index is 225. The van der Waals surface area contributed by atoms with Crippen LogP contribution < -0.4 is 5.32 Å². The van der Waals surface area contributed by atoms with Crippen molar-refractivity contribution in [2.24, 2.45) is 0 Å². The van der Waals surface area contributed by atoms with Gasteiger partial charge in [0.05, 0.1) is 24.9 Å². The molecule has 4 heteroatoms. The predicted octanol–water partition coefficient (Wildman–Crippen LogP) is 1.36. The molecular formula is C12H24N2O2. The second-order valence-electron chi connectivity index (χ2n) is 4.46. The van der Waals surface area contributed by atoms with E-state index in [1.54, 1.807) is 7.11 Å². The number of nitrogens with zero attached hydrogens (tertiary/aromatic N) is 1. The van der Waals surface area contributed by atoms with Crippen LogP contribution in [0, 0.1) is 0 Å². The summed E-state index contributed by atoms with van der Waals surface area (Å²) >= 11 is 0. The van der Waals surface area contributed by atoms with E-state index in [0.29, 0.717) is 6.61 Å². The molecule has 16 heavy (non-hydrogen) atoms. The van der Waals surface area contributed by atoms with Crippen LogP contribution in [0.3, 0.4) is 0 Å². The molecule has 0 saturated carbocycles. The van der Waals surface area contributed by atoms with Crippen LogP contribution >= 0.6 is 0 Å². The first kappa shape index (κ1) is 13.5. The van der Waals surface area contributed by atoms with Gasteiger partial charge in [0.2, 0.25) is 5.91 Å². The Hall–Kier alpha value is -0.610. The van der Waals surface area contributed by atoms with Crippen molar-refractivity contribution >= 4 is 5.91 Å². The molecule has 1 aliphatic rings. The lowest BCUT2D eigenvalue weighted by Gasteiger charge is -2.31. The normalized spacial score (nSPS) is 27.5. The molecule has 1 saturated heterocycles. The Morgan fingerprint density at radius 3 is 2.69 bits per heavy atom. The number of rotatable bonds is 6. The van der Waals surface area contributed by atoms with Crippen molar-refractivity contribution in [3.63, 3.8) is 0 Å². The summed E-state index contributed by atoms with van der Waals surface area (Å²) in [6.45, 7) is 6.80. The highest BCUT2D eigenvalue weighted by Crippen LogP contribution is 2.20. The molecule has 0 aliphatic carbocycles. The van der Waals surface area contributed by atoms with Gasteiger partial charge >= 0.3 is 0 Å². The molecule has 0 aromatic carbocycles. The maximum absolute atomic E-state index is 12.1. The summed E-state index contributed by atoms with van der Waals surface area (Å²) in [6.07, 6.45) is 3.22. The highest BCUT2D eigenvalue weighted by atomic mass is 16.5. The Kier molecular flexibility index (Phi) is 5.22. The minimum atomic E-state index is -0.0533. The fraction of sp³-hybridized carbons (Fsp3) is 0.917. The highest BCUT2D eigenvalue weighted by molar-refractivity contribution is 5.84. The molecule has 1 rings (SSSR count). The first-order chi connectivity index (χ1) is 7.65. The largest absolute Gasteiger partial charge is 0.383 e. The smallest absolute Gasteiger partial charge is 0.241 e. The van der Waals surface area contributed by atoms with Crippen LogP contribution in [-0.2, 0) is 9.53 Å². The number of methoxy groups -OCH3 is 1. The van der Waals surface area contributed by atoms with Gasteiger partial charge in [0.1, 0.15) is 0 Å². The Balaban J connectivity index is 2.74. The van der Waals surface area contributed by atoms with Crippen molar-refractivity contribution in [1.29, 1.82) is 0 Å². The zero-order valence-corrected chi connectivity index (χ0v) is 10.8. The van der Waals surface area contributed by atoms with Crippen LogP contribution in [-0.4, -0.2) is 42.8 Å². The molecule has 3 unspecified atom stereocenters. The average Bonchev–Trinajstić information content (AvgIpc) is 2.53. The van der Waals surface area contributed by atoms with Gasteiger partial charge < -0.3 is 9.64 Å². The molecule has 0 aromatic rings. The molecule has 0 bridgehead atoms. The van der Waals surface area contributed by atoms with Gasteiger partial charge in [-0.25, -0.2) is 0 Å². The van der Waals surface area contributed by atoms with E-state index in [-0.39, 0.29) is 24.2 Å². The lowest BCUT2D eigenvalue weighted by Crippen LogP contribution is -2.46. The van der Waals surface area contributed by atoms with E-state index in [9.17, 15) is 4.79 Å². The van der Waals surface area contributed by atoms with Crippen molar-refractivity contribution < 1.29 is 9.53 Å². The Morgan fingerprint density at radius 1 is 1.50 bits per heavy atom. The lowest BCUT2D eigenvalue weighted by molar-refractivity contribution is -0.133. The number of ether oxygens (including phenoxy) is 1. The molecule has 1 N–H and O–H groups in total. The van der Waals surface area contributed by atoms with Gasteiger partial charge in [0.25, 0.3) is 0 Å². The van der Waals surface area contributed by atoms with Gasteiger partial charge in [-0.1, -0.05) is 20.3 Å². The number of hydrogen-bond acceptors (Lipinski definition) is 3. The monoisotopic (exact) mass is 228 g/mol. The number of carbonyl (C=O) groups is 1. The Morgan fingerprint density at radius 2 is 2.19 bits per heavy atom. The molecule has 0 radical (unpaired) electrons. The summed E-state index contributed by atoms with van der Waals surface area (Å²) in [6, 6.07) is 0.147. The summed E-state index contributed by atoms with van der Waals surface area (Å²) in [4.78, 5) is 14.1. The molecule has 1 aliphatic heterocycles. The van der Waals surface area contributed by atoms with Crippen molar-refractivity contribution in [3.8, 4) is 0 Å². The molecule has 3 atom stereocenters. The van der Waals surface area contributed by atoms with Crippen molar-refractivity contribution in [2.45, 2.75) is 58.3 Å². The maximum Gasteiger partial charge on any atom is 0.241 e. The van der Waals surface area contributed by atoms with E-state index in [1.165, 1.54) is 0 Å². The van der Waals surface area contributed by atoms with Crippen LogP contribution in [0.25, 0.3) is 0 Å². The highest BCUT2D eigenvalue weighted by Gasteiger charge is 2.39. The van der Waals surface area contributed by atoms with Crippen LogP contribution in [0.4, 0.5) is 0 Å². The van der Waals surface area contributed by atoms with Crippen LogP contribution in [0.15, 0.2) is 0 Å². The summed E-state index contributed by atoms with van der Waals surface area (Å²) in [7, 11) is 1.69. The number of hydrogen-bond donors (Lipinski definition) is 1. The minimum absolute atomic E-state index is 0.0533. The van der Waals surface area contributed by atoms with E-state index < -0.39 is 0 Å². The third-order valence-corrected chi connectivity index (χ3v) is 3.19. The van der Waals surface area contributed by atoms with Gasteiger partial charge in [0.15, 0.2) is 0 Å². The fourth-order valence-corrected chi connectivity index (χ4v) is 2.33. The first-order valence-corrected chi connectivity index (χ1v) is 6.22. The van der Waals surface area contributed by atoms with E-state index >= 15 is 0 Å². The van der Waals surface area contributed by atoms with Crippen molar-refractivity contribution in [2.75, 3.05) is 13.7 Å². The lowest BCUT2D eigenvalue weighted by atomic mass is 10.1. The van der Waals surface area contributed by atoms with Crippen LogP contribution in [0.1, 0.15) is 40.0 Å². The Labute approximate surface area is 98.3 Å². The second-order valence-corrected chi connectivity index (χ2v) is 4.46. The third kappa shape index (κ3) is 2.74. The van der Waals surface area contributed by atoms with Gasteiger partial charge in [0, 0.05) is 7.11 Å². The molecular weight excluding hydrogens is 204 g/mol. The van der Waals surface area contributed by atoms with Crippen molar-refractivity contribution in [1.82, 2.24) is 10.2 Å². The van der Waals surface area contributed by atoms with Crippen LogP contribution in [0.5, 0.6) is 0 Å². The molecule has 94 valence electrons. The van der Waals surface area contributed by atoms with Gasteiger partial charge in [-0.05, 0) is 19.8 Å². The summed E-state index contributed by atoms with van der Waals surface area (Å²) in [5, 5.41) is 3.35. The quantitative estimate of drug-likeness (QED) is 0.746. The second kappa shape index (κ2) is 6.21. The van der Waals surface area contributed by atoms with Gasteiger partial charge in [-0.3, -0.25) is 10.1 Å². The molecule has 0 spiro atoms. The zero-order chi connectivity index (χ0) is 12.1. The summed E-state index contributed by atoms with van der Waals surface area (Å²) in [5.74, 6) is 0.211. The fourth-order valence-electron chi connectivity index (χ4n) is 2.33. The predicted molar refractivity (Wildman–Crippen MR) is 64.1 cm³/mol. The minimum Gasteiger partial charge on any atom is -0.383 e. The number of nitrogens with one attached hydrogen (secondary N) is 1. The van der Waals surface area contributed by atoms with E-state index in [4.69, 9.17) is 4.74 Å². The zero-order valence-electron chi connectivity index (χ0n) is 10.8. The summed E-state index contributed by atoms with van der Waals surface area (Å²) in [5.41, 5.74) is 0. The van der Waals surface area contributed by atoms with Crippen molar-refractivity contribution in [3.05, 3.63) is 0 Å². The maximum atomic E-state index is 12.1.